The third-order valence-electron chi connectivity index (χ3n) is 2.22. The fourth-order valence-corrected chi connectivity index (χ4v) is 1.92. The van der Waals surface area contributed by atoms with Crippen LogP contribution < -0.4 is 5.32 Å². The standard InChI is InChI=1S/C8H12N4OS/c13-8(11-7-9-6-10-14-7)12-4-2-1-3-5-12/h6H,1-5H2,(H,9,10,11,13). The first-order chi connectivity index (χ1) is 6.86. The average molecular weight is 212 g/mol. The Labute approximate surface area is 86.3 Å². The first-order valence-electron chi connectivity index (χ1n) is 4.69. The quantitative estimate of drug-likeness (QED) is 0.768. The summed E-state index contributed by atoms with van der Waals surface area (Å²) in [7, 11) is 0. The number of amides is 2. The topological polar surface area (TPSA) is 58.1 Å². The molecule has 2 amide bonds. The minimum Gasteiger partial charge on any atom is -0.324 e. The van der Waals surface area contributed by atoms with Crippen LogP contribution in [0.5, 0.6) is 0 Å². The van der Waals surface area contributed by atoms with E-state index in [1.165, 1.54) is 24.3 Å². The van der Waals surface area contributed by atoms with Gasteiger partial charge in [-0.1, -0.05) is 0 Å². The number of hydrogen-bond donors (Lipinski definition) is 1. The van der Waals surface area contributed by atoms with Gasteiger partial charge in [0.15, 0.2) is 0 Å². The predicted octanol–water partition coefficient (Wildman–Crippen LogP) is 1.56. The molecule has 14 heavy (non-hydrogen) atoms. The van der Waals surface area contributed by atoms with Gasteiger partial charge in [0.1, 0.15) is 6.33 Å². The van der Waals surface area contributed by atoms with Crippen LogP contribution in [0.3, 0.4) is 0 Å². The third kappa shape index (κ3) is 2.20. The second-order valence-corrected chi connectivity index (χ2v) is 4.00. The molecular weight excluding hydrogens is 200 g/mol. The number of rotatable bonds is 1. The predicted molar refractivity (Wildman–Crippen MR) is 54.4 cm³/mol. The van der Waals surface area contributed by atoms with Crippen molar-refractivity contribution in [1.29, 1.82) is 0 Å². The third-order valence-corrected chi connectivity index (χ3v) is 2.80. The molecule has 1 aromatic heterocycles. The van der Waals surface area contributed by atoms with Gasteiger partial charge in [-0.15, -0.1) is 0 Å². The van der Waals surface area contributed by atoms with Gasteiger partial charge in [0.05, 0.1) is 0 Å². The van der Waals surface area contributed by atoms with E-state index in [4.69, 9.17) is 0 Å². The molecule has 2 heterocycles. The number of aromatic nitrogens is 2. The van der Waals surface area contributed by atoms with Crippen molar-refractivity contribution in [2.75, 3.05) is 18.4 Å². The van der Waals surface area contributed by atoms with E-state index >= 15 is 0 Å². The summed E-state index contributed by atoms with van der Waals surface area (Å²) >= 11 is 1.20. The second-order valence-electron chi connectivity index (χ2n) is 3.22. The SMILES string of the molecule is O=C(Nc1ncns1)N1CCCCC1. The van der Waals surface area contributed by atoms with E-state index in [-0.39, 0.29) is 6.03 Å². The van der Waals surface area contributed by atoms with Gasteiger partial charge in [0.2, 0.25) is 5.13 Å². The van der Waals surface area contributed by atoms with Crippen LogP contribution in [0.2, 0.25) is 0 Å². The molecule has 1 aliphatic rings. The summed E-state index contributed by atoms with van der Waals surface area (Å²) in [5.41, 5.74) is 0. The van der Waals surface area contributed by atoms with Gasteiger partial charge < -0.3 is 4.90 Å². The number of nitrogens with one attached hydrogen (secondary N) is 1. The van der Waals surface area contributed by atoms with Gasteiger partial charge in [-0.3, -0.25) is 5.32 Å². The molecule has 0 saturated carbocycles. The zero-order chi connectivity index (χ0) is 9.80. The molecule has 1 aliphatic heterocycles. The van der Waals surface area contributed by atoms with Gasteiger partial charge in [-0.2, -0.15) is 4.37 Å². The van der Waals surface area contributed by atoms with Gasteiger partial charge in [-0.05, 0) is 19.3 Å². The number of hydrogen-bond acceptors (Lipinski definition) is 4. The molecule has 2 rings (SSSR count). The smallest absolute Gasteiger partial charge is 0.323 e. The van der Waals surface area contributed by atoms with Crippen molar-refractivity contribution in [2.24, 2.45) is 0 Å². The van der Waals surface area contributed by atoms with Gasteiger partial charge in [0, 0.05) is 24.6 Å². The highest BCUT2D eigenvalue weighted by Crippen LogP contribution is 2.12. The Hall–Kier alpha value is -1.17. The fraction of sp³-hybridized carbons (Fsp3) is 0.625. The van der Waals surface area contributed by atoms with E-state index in [1.54, 1.807) is 0 Å². The van der Waals surface area contributed by atoms with Crippen LogP contribution in [-0.2, 0) is 0 Å². The maximum Gasteiger partial charge on any atom is 0.323 e. The highest BCUT2D eigenvalue weighted by atomic mass is 32.1. The Kier molecular flexibility index (Phi) is 2.93. The average Bonchev–Trinajstić information content (AvgIpc) is 2.72. The van der Waals surface area contributed by atoms with Crippen LogP contribution in [0.15, 0.2) is 6.33 Å². The first kappa shape index (κ1) is 9.39. The van der Waals surface area contributed by atoms with Crippen molar-refractivity contribution in [1.82, 2.24) is 14.3 Å². The molecule has 1 N–H and O–H groups in total. The lowest BCUT2D eigenvalue weighted by molar-refractivity contribution is 0.200. The summed E-state index contributed by atoms with van der Waals surface area (Å²) in [6.07, 6.45) is 4.87. The van der Waals surface area contributed by atoms with Gasteiger partial charge in [0.25, 0.3) is 0 Å². The normalized spacial score (nSPS) is 16.7. The van der Waals surface area contributed by atoms with Crippen molar-refractivity contribution in [3.8, 4) is 0 Å². The van der Waals surface area contributed by atoms with E-state index < -0.39 is 0 Å². The lowest BCUT2D eigenvalue weighted by Crippen LogP contribution is -2.38. The molecule has 5 nitrogen and oxygen atoms in total. The molecular formula is C8H12N4OS. The molecule has 1 aromatic rings. The largest absolute Gasteiger partial charge is 0.324 e. The summed E-state index contributed by atoms with van der Waals surface area (Å²) in [5, 5.41) is 3.29. The summed E-state index contributed by atoms with van der Waals surface area (Å²) in [5.74, 6) is 0. The molecule has 0 aromatic carbocycles. The van der Waals surface area contributed by atoms with Crippen molar-refractivity contribution < 1.29 is 4.79 Å². The van der Waals surface area contributed by atoms with Crippen LogP contribution in [0, 0.1) is 0 Å². The lowest BCUT2D eigenvalue weighted by Gasteiger charge is -2.26. The Morgan fingerprint density at radius 2 is 2.21 bits per heavy atom. The fourth-order valence-electron chi connectivity index (χ4n) is 1.50. The van der Waals surface area contributed by atoms with Crippen molar-refractivity contribution in [2.45, 2.75) is 19.3 Å². The number of nitrogens with zero attached hydrogens (tertiary/aromatic N) is 3. The molecule has 0 radical (unpaired) electrons. The monoisotopic (exact) mass is 212 g/mol. The molecule has 0 bridgehead atoms. The van der Waals surface area contributed by atoms with Crippen LogP contribution in [0.1, 0.15) is 19.3 Å². The highest BCUT2D eigenvalue weighted by Gasteiger charge is 2.16. The zero-order valence-corrected chi connectivity index (χ0v) is 8.59. The van der Waals surface area contributed by atoms with Crippen molar-refractivity contribution in [3.05, 3.63) is 6.33 Å². The molecule has 0 spiro atoms. The van der Waals surface area contributed by atoms with Crippen LogP contribution in [0.25, 0.3) is 0 Å². The summed E-state index contributed by atoms with van der Waals surface area (Å²) < 4.78 is 3.82. The number of carbonyl (C=O) groups excluding carboxylic acids is 1. The first-order valence-corrected chi connectivity index (χ1v) is 5.46. The lowest BCUT2D eigenvalue weighted by atomic mass is 10.1. The summed E-state index contributed by atoms with van der Waals surface area (Å²) in [6, 6.07) is -0.0542. The van der Waals surface area contributed by atoms with Gasteiger partial charge >= 0.3 is 6.03 Å². The van der Waals surface area contributed by atoms with E-state index in [9.17, 15) is 4.79 Å². The number of anilines is 1. The number of piperidine rings is 1. The molecule has 0 aliphatic carbocycles. The maximum absolute atomic E-state index is 11.6. The molecule has 6 heteroatoms. The second kappa shape index (κ2) is 4.36. The molecule has 76 valence electrons. The van der Waals surface area contributed by atoms with Crippen molar-refractivity contribution in [3.63, 3.8) is 0 Å². The number of carbonyl (C=O) groups is 1. The summed E-state index contributed by atoms with van der Waals surface area (Å²) in [4.78, 5) is 17.3. The van der Waals surface area contributed by atoms with Crippen LogP contribution >= 0.6 is 11.5 Å². The molecule has 1 saturated heterocycles. The molecule has 0 atom stereocenters. The Morgan fingerprint density at radius 1 is 1.43 bits per heavy atom. The van der Waals surface area contributed by atoms with Gasteiger partial charge in [-0.25, -0.2) is 9.78 Å². The van der Waals surface area contributed by atoms with E-state index in [0.717, 1.165) is 25.9 Å². The Bertz CT molecular complexity index is 294. The minimum atomic E-state index is -0.0542. The Morgan fingerprint density at radius 3 is 2.86 bits per heavy atom. The van der Waals surface area contributed by atoms with E-state index in [1.807, 2.05) is 4.90 Å². The van der Waals surface area contributed by atoms with Crippen LogP contribution in [-0.4, -0.2) is 33.4 Å². The van der Waals surface area contributed by atoms with E-state index in [0.29, 0.717) is 5.13 Å². The van der Waals surface area contributed by atoms with Crippen molar-refractivity contribution >= 4 is 22.7 Å². The molecule has 1 fully saturated rings. The number of likely N-dealkylation sites (tertiary alicyclic amines) is 1. The summed E-state index contributed by atoms with van der Waals surface area (Å²) in [6.45, 7) is 1.70. The minimum absolute atomic E-state index is 0.0542. The number of urea groups is 1. The highest BCUT2D eigenvalue weighted by molar-refractivity contribution is 7.09. The maximum atomic E-state index is 11.6. The Balaban J connectivity index is 1.88. The van der Waals surface area contributed by atoms with Crippen LogP contribution in [0.4, 0.5) is 9.93 Å². The molecule has 0 unspecified atom stereocenters. The van der Waals surface area contributed by atoms with E-state index in [2.05, 4.69) is 14.7 Å². The zero-order valence-electron chi connectivity index (χ0n) is 7.77.